The number of hydrogen-bond donors (Lipinski definition) is 1. The Hall–Kier alpha value is -1.93. The van der Waals surface area contributed by atoms with E-state index in [0.29, 0.717) is 38.5 Å². The highest BCUT2D eigenvalue weighted by atomic mass is 16.5. The second-order valence-corrected chi connectivity index (χ2v) is 5.70. The molecular weight excluding hydrogens is 312 g/mol. The number of ether oxygens (including phenoxy) is 2. The van der Waals surface area contributed by atoms with Gasteiger partial charge in [-0.1, -0.05) is 0 Å². The molecule has 1 aliphatic rings. The number of imidazole rings is 1. The second kappa shape index (κ2) is 8.79. The van der Waals surface area contributed by atoms with Gasteiger partial charge in [0.15, 0.2) is 0 Å². The molecule has 134 valence electrons. The van der Waals surface area contributed by atoms with Crippen molar-refractivity contribution in [1.82, 2.24) is 19.8 Å². The lowest BCUT2D eigenvalue weighted by molar-refractivity contribution is -0.139. The molecule has 2 heterocycles. The first kappa shape index (κ1) is 18.4. The fourth-order valence-electron chi connectivity index (χ4n) is 2.76. The smallest absolute Gasteiger partial charge is 0.249 e. The Morgan fingerprint density at radius 2 is 2.21 bits per heavy atom. The summed E-state index contributed by atoms with van der Waals surface area (Å²) in [5.41, 5.74) is 0.714. The summed E-state index contributed by atoms with van der Waals surface area (Å²) in [4.78, 5) is 30.4. The number of nitrogens with zero attached hydrogens (tertiary/aromatic N) is 3. The van der Waals surface area contributed by atoms with Crippen molar-refractivity contribution in [3.63, 3.8) is 0 Å². The molecule has 1 aliphatic heterocycles. The molecule has 8 nitrogen and oxygen atoms in total. The lowest BCUT2D eigenvalue weighted by Crippen LogP contribution is -2.42. The summed E-state index contributed by atoms with van der Waals surface area (Å²) in [7, 11) is 1.59. The molecule has 1 aromatic rings. The largest absolute Gasteiger partial charge is 0.383 e. The van der Waals surface area contributed by atoms with Crippen LogP contribution in [0.5, 0.6) is 0 Å². The van der Waals surface area contributed by atoms with Crippen LogP contribution in [-0.2, 0) is 32.0 Å². The molecule has 0 radical (unpaired) electrons. The minimum absolute atomic E-state index is 0.0301. The number of methoxy groups -OCH3 is 1. The fourth-order valence-corrected chi connectivity index (χ4v) is 2.76. The van der Waals surface area contributed by atoms with Crippen LogP contribution < -0.4 is 5.32 Å². The first-order valence-corrected chi connectivity index (χ1v) is 8.25. The molecule has 1 aromatic heterocycles. The average Bonchev–Trinajstić information content (AvgIpc) is 2.96. The maximum atomic E-state index is 12.2. The normalized spacial score (nSPS) is 16.8. The lowest BCUT2D eigenvalue weighted by Gasteiger charge is -2.33. The third kappa shape index (κ3) is 4.55. The highest BCUT2D eigenvalue weighted by molar-refractivity contribution is 5.78. The molecule has 0 saturated carbocycles. The molecule has 0 bridgehead atoms. The summed E-state index contributed by atoms with van der Waals surface area (Å²) in [5, 5.41) is 2.78. The Labute approximate surface area is 142 Å². The zero-order valence-corrected chi connectivity index (χ0v) is 14.6. The predicted molar refractivity (Wildman–Crippen MR) is 87.4 cm³/mol. The topological polar surface area (TPSA) is 85.7 Å². The zero-order chi connectivity index (χ0) is 17.5. The van der Waals surface area contributed by atoms with E-state index in [1.807, 2.05) is 24.6 Å². The molecule has 0 saturated heterocycles. The summed E-state index contributed by atoms with van der Waals surface area (Å²) in [5.74, 6) is 0.697. The van der Waals surface area contributed by atoms with E-state index in [-0.39, 0.29) is 30.9 Å². The molecule has 0 aromatic carbocycles. The van der Waals surface area contributed by atoms with Gasteiger partial charge in [-0.05, 0) is 13.8 Å². The highest BCUT2D eigenvalue weighted by Crippen LogP contribution is 2.24. The van der Waals surface area contributed by atoms with Crippen LogP contribution in [0.3, 0.4) is 0 Å². The van der Waals surface area contributed by atoms with Gasteiger partial charge in [0.05, 0.1) is 24.8 Å². The van der Waals surface area contributed by atoms with Gasteiger partial charge in [-0.25, -0.2) is 4.98 Å². The molecule has 0 spiro atoms. The summed E-state index contributed by atoms with van der Waals surface area (Å²) in [6.45, 7) is 6.69. The Morgan fingerprint density at radius 1 is 1.42 bits per heavy atom. The summed E-state index contributed by atoms with van der Waals surface area (Å²) in [6, 6.07) is -0.128. The van der Waals surface area contributed by atoms with Crippen molar-refractivity contribution in [2.45, 2.75) is 32.9 Å². The lowest BCUT2D eigenvalue weighted by atomic mass is 10.2. The Balaban J connectivity index is 1.97. The number of amides is 2. The molecule has 24 heavy (non-hydrogen) atoms. The summed E-state index contributed by atoms with van der Waals surface area (Å²) < 4.78 is 12.1. The van der Waals surface area contributed by atoms with Gasteiger partial charge >= 0.3 is 0 Å². The van der Waals surface area contributed by atoms with Crippen molar-refractivity contribution < 1.29 is 19.1 Å². The number of rotatable bonds is 8. The number of nitrogens with one attached hydrogen (secondary N) is 1. The van der Waals surface area contributed by atoms with Gasteiger partial charge in [0, 0.05) is 39.5 Å². The zero-order valence-electron chi connectivity index (χ0n) is 14.6. The quantitative estimate of drug-likeness (QED) is 0.681. The van der Waals surface area contributed by atoms with E-state index in [2.05, 4.69) is 10.3 Å². The van der Waals surface area contributed by atoms with Crippen LogP contribution in [0.1, 0.15) is 31.4 Å². The molecule has 1 atom stereocenters. The van der Waals surface area contributed by atoms with Crippen LogP contribution >= 0.6 is 0 Å². The minimum atomic E-state index is -0.128. The highest BCUT2D eigenvalue weighted by Gasteiger charge is 2.29. The van der Waals surface area contributed by atoms with Crippen molar-refractivity contribution in [3.05, 3.63) is 17.7 Å². The van der Waals surface area contributed by atoms with Crippen molar-refractivity contribution >= 4 is 11.8 Å². The number of fused-ring (bicyclic) bond motifs is 1. The summed E-state index contributed by atoms with van der Waals surface area (Å²) >= 11 is 0. The number of hydrogen-bond acceptors (Lipinski definition) is 5. The molecular formula is C16H26N4O4. The van der Waals surface area contributed by atoms with E-state index in [1.54, 1.807) is 12.0 Å². The first-order valence-electron chi connectivity index (χ1n) is 8.25. The van der Waals surface area contributed by atoms with Gasteiger partial charge < -0.3 is 24.3 Å². The van der Waals surface area contributed by atoms with Crippen molar-refractivity contribution in [2.24, 2.45) is 0 Å². The van der Waals surface area contributed by atoms with Gasteiger partial charge in [-0.2, -0.15) is 0 Å². The van der Waals surface area contributed by atoms with Crippen LogP contribution in [0.4, 0.5) is 0 Å². The fraction of sp³-hybridized carbons (Fsp3) is 0.688. The Kier molecular flexibility index (Phi) is 6.74. The van der Waals surface area contributed by atoms with Crippen molar-refractivity contribution in [3.8, 4) is 0 Å². The van der Waals surface area contributed by atoms with Crippen molar-refractivity contribution in [1.29, 1.82) is 0 Å². The minimum Gasteiger partial charge on any atom is -0.383 e. The molecule has 0 unspecified atom stereocenters. The third-order valence-electron chi connectivity index (χ3n) is 4.00. The van der Waals surface area contributed by atoms with Crippen LogP contribution in [-0.4, -0.2) is 66.3 Å². The van der Waals surface area contributed by atoms with Crippen molar-refractivity contribution in [2.75, 3.05) is 40.0 Å². The van der Waals surface area contributed by atoms with Gasteiger partial charge in [0.2, 0.25) is 11.8 Å². The van der Waals surface area contributed by atoms with Gasteiger partial charge in [-0.3, -0.25) is 9.59 Å². The molecule has 0 fully saturated rings. The van der Waals surface area contributed by atoms with E-state index in [1.165, 1.54) is 0 Å². The van der Waals surface area contributed by atoms with Gasteiger partial charge in [-0.15, -0.1) is 0 Å². The third-order valence-corrected chi connectivity index (χ3v) is 4.00. The molecule has 1 N–H and O–H groups in total. The van der Waals surface area contributed by atoms with Gasteiger partial charge in [0.1, 0.15) is 12.4 Å². The monoisotopic (exact) mass is 338 g/mol. The molecule has 8 heteroatoms. The standard InChI is InChI=1S/C16H26N4O4/c1-4-24-11-15(22)20-7-6-19-10-13(18-16(19)12(20)2)9-14(21)17-5-8-23-3/h10,12H,4-9,11H2,1-3H3,(H,17,21)/t12-/m0/s1. The van der Waals surface area contributed by atoms with E-state index in [9.17, 15) is 9.59 Å². The maximum absolute atomic E-state index is 12.2. The first-order chi connectivity index (χ1) is 11.6. The van der Waals surface area contributed by atoms with E-state index >= 15 is 0 Å². The molecule has 0 aliphatic carbocycles. The molecule has 2 rings (SSSR count). The number of carbonyl (C=O) groups is 2. The van der Waals surface area contributed by atoms with E-state index in [4.69, 9.17) is 9.47 Å². The maximum Gasteiger partial charge on any atom is 0.249 e. The van der Waals surface area contributed by atoms with Crippen LogP contribution in [0, 0.1) is 0 Å². The number of aromatic nitrogens is 2. The average molecular weight is 338 g/mol. The SMILES string of the molecule is CCOCC(=O)N1CCn2cc(CC(=O)NCCOC)nc2[C@@H]1C. The molecule has 2 amide bonds. The van der Waals surface area contributed by atoms with Gasteiger partial charge in [0.25, 0.3) is 0 Å². The van der Waals surface area contributed by atoms with Crippen LogP contribution in [0.15, 0.2) is 6.20 Å². The predicted octanol–water partition coefficient (Wildman–Crippen LogP) is 0.128. The number of carbonyl (C=O) groups excluding carboxylic acids is 2. The van der Waals surface area contributed by atoms with E-state index < -0.39 is 0 Å². The van der Waals surface area contributed by atoms with Crippen LogP contribution in [0.2, 0.25) is 0 Å². The van der Waals surface area contributed by atoms with Crippen LogP contribution in [0.25, 0.3) is 0 Å². The summed E-state index contributed by atoms with van der Waals surface area (Å²) in [6.07, 6.45) is 2.12. The second-order valence-electron chi connectivity index (χ2n) is 5.70. The Bertz CT molecular complexity index is 572. The van der Waals surface area contributed by atoms with E-state index in [0.717, 1.165) is 5.82 Å². The Morgan fingerprint density at radius 3 is 2.92 bits per heavy atom.